The van der Waals surface area contributed by atoms with Gasteiger partial charge in [0, 0.05) is 22.9 Å². The van der Waals surface area contributed by atoms with Gasteiger partial charge in [-0.3, -0.25) is 0 Å². The highest BCUT2D eigenvalue weighted by Crippen LogP contribution is 2.43. The number of methoxy groups -OCH3 is 1. The lowest BCUT2D eigenvalue weighted by Crippen LogP contribution is -2.29. The van der Waals surface area contributed by atoms with Crippen LogP contribution < -0.4 is 14.8 Å². The van der Waals surface area contributed by atoms with Crippen molar-refractivity contribution in [3.05, 3.63) is 140 Å². The second kappa shape index (κ2) is 15.1. The van der Waals surface area contributed by atoms with Crippen LogP contribution in [0.15, 0.2) is 118 Å². The number of thioether (sulfide) groups is 1. The Morgan fingerprint density at radius 3 is 2.43 bits per heavy atom. The molecule has 0 spiro atoms. The second-order valence-corrected chi connectivity index (χ2v) is 13.0. The minimum absolute atomic E-state index is 0.132. The van der Waals surface area contributed by atoms with Crippen LogP contribution >= 0.6 is 39.3 Å². The zero-order chi connectivity index (χ0) is 32.8. The number of benzene rings is 4. The first-order chi connectivity index (χ1) is 22.9. The maximum absolute atomic E-state index is 13.8. The van der Waals surface area contributed by atoms with Gasteiger partial charge in [-0.2, -0.15) is 4.98 Å². The van der Waals surface area contributed by atoms with E-state index in [9.17, 15) is 4.79 Å². The zero-order valence-electron chi connectivity index (χ0n) is 25.8. The molecule has 0 bridgehead atoms. The Morgan fingerprint density at radius 1 is 1.00 bits per heavy atom. The van der Waals surface area contributed by atoms with Gasteiger partial charge in [0.15, 0.2) is 11.5 Å². The van der Waals surface area contributed by atoms with Crippen molar-refractivity contribution in [1.29, 1.82) is 0 Å². The van der Waals surface area contributed by atoms with Gasteiger partial charge in [0.25, 0.3) is 0 Å². The predicted octanol–water partition coefficient (Wildman–Crippen LogP) is 8.65. The molecule has 0 radical (unpaired) electrons. The van der Waals surface area contributed by atoms with E-state index in [4.69, 9.17) is 35.9 Å². The lowest BCUT2D eigenvalue weighted by atomic mass is 9.95. The minimum atomic E-state index is -0.666. The number of carbonyl (C=O) groups excluding carboxylic acids is 1. The number of esters is 1. The van der Waals surface area contributed by atoms with Gasteiger partial charge in [-0.05, 0) is 63.3 Å². The van der Waals surface area contributed by atoms with E-state index in [-0.39, 0.29) is 6.61 Å². The van der Waals surface area contributed by atoms with Crippen molar-refractivity contribution < 1.29 is 19.0 Å². The first-order valence-corrected chi connectivity index (χ1v) is 17.1. The molecule has 0 fully saturated rings. The highest BCUT2D eigenvalue weighted by atomic mass is 79.9. The Labute approximate surface area is 291 Å². The van der Waals surface area contributed by atoms with Crippen molar-refractivity contribution in [2.45, 2.75) is 36.9 Å². The summed E-state index contributed by atoms with van der Waals surface area (Å²) in [6.07, 6.45) is 0.739. The summed E-state index contributed by atoms with van der Waals surface area (Å²) in [4.78, 5) is 18.6. The minimum Gasteiger partial charge on any atom is -0.493 e. The number of allylic oxidation sites excluding steroid dienone is 1. The molecule has 8 nitrogen and oxygen atoms in total. The topological polar surface area (TPSA) is 87.5 Å². The molecule has 2 heterocycles. The molecule has 6 rings (SSSR count). The summed E-state index contributed by atoms with van der Waals surface area (Å²) in [5, 5.41) is 9.36. The molecular weight excluding hydrogens is 700 g/mol. The number of rotatable bonds is 12. The van der Waals surface area contributed by atoms with Gasteiger partial charge in [0.1, 0.15) is 12.6 Å². The molecule has 1 aliphatic heterocycles. The average molecular weight is 732 g/mol. The van der Waals surface area contributed by atoms with Crippen LogP contribution in [0.25, 0.3) is 0 Å². The standard InChI is InChI=1S/C36H32BrClN4O4S/c1-23-31(34(43)46-21-25-13-7-4-8-14-25)32(42-35(39-23)40-36(41-42)47-22-26-15-9-10-16-29(26)38)27-19-28(37)33(30(20-27)44-2)45-18-17-24-11-5-3-6-12-24/h3-16,19-20,32H,17-18,21-22H2,1-2H3,(H,39,40,41). The van der Waals surface area contributed by atoms with E-state index >= 15 is 0 Å². The Balaban J connectivity index is 1.32. The average Bonchev–Trinajstić information content (AvgIpc) is 3.50. The van der Waals surface area contributed by atoms with Crippen molar-refractivity contribution in [2.24, 2.45) is 0 Å². The fraction of sp³-hybridized carbons (Fsp3) is 0.194. The molecular formula is C36H32BrClN4O4S. The van der Waals surface area contributed by atoms with Gasteiger partial charge >= 0.3 is 5.97 Å². The number of fused-ring (bicyclic) bond motifs is 1. The summed E-state index contributed by atoms with van der Waals surface area (Å²) in [6.45, 7) is 2.43. The number of aromatic nitrogens is 3. The lowest BCUT2D eigenvalue weighted by Gasteiger charge is -2.29. The zero-order valence-corrected chi connectivity index (χ0v) is 28.9. The molecule has 1 aromatic heterocycles. The molecule has 1 unspecified atom stereocenters. The Kier molecular flexibility index (Phi) is 10.5. The summed E-state index contributed by atoms with van der Waals surface area (Å²) >= 11 is 11.6. The Hall–Kier alpha value is -4.25. The van der Waals surface area contributed by atoms with Crippen LogP contribution in [0.2, 0.25) is 5.02 Å². The van der Waals surface area contributed by atoms with Crippen molar-refractivity contribution in [1.82, 2.24) is 14.8 Å². The number of nitrogens with one attached hydrogen (secondary N) is 1. The lowest BCUT2D eigenvalue weighted by molar-refractivity contribution is -0.140. The molecule has 0 saturated heterocycles. The number of anilines is 1. The van der Waals surface area contributed by atoms with E-state index in [0.29, 0.717) is 55.7 Å². The number of carbonyl (C=O) groups is 1. The van der Waals surface area contributed by atoms with Crippen molar-refractivity contribution in [3.63, 3.8) is 0 Å². The molecule has 11 heteroatoms. The summed E-state index contributed by atoms with van der Waals surface area (Å²) in [5.74, 6) is 1.72. The Morgan fingerprint density at radius 2 is 1.70 bits per heavy atom. The third-order valence-electron chi connectivity index (χ3n) is 7.63. The molecule has 0 amide bonds. The smallest absolute Gasteiger partial charge is 0.338 e. The first kappa shape index (κ1) is 32.7. The number of hydrogen-bond acceptors (Lipinski definition) is 8. The molecule has 1 atom stereocenters. The molecule has 240 valence electrons. The number of halogens is 2. The fourth-order valence-corrected chi connectivity index (χ4v) is 6.97. The maximum Gasteiger partial charge on any atom is 0.338 e. The van der Waals surface area contributed by atoms with Gasteiger partial charge in [-0.25, -0.2) is 9.48 Å². The largest absolute Gasteiger partial charge is 0.493 e. The Bertz CT molecular complexity index is 1900. The van der Waals surface area contributed by atoms with Gasteiger partial charge in [-0.15, -0.1) is 5.10 Å². The van der Waals surface area contributed by atoms with E-state index in [0.717, 1.165) is 23.1 Å². The van der Waals surface area contributed by atoms with E-state index in [1.807, 2.05) is 91.9 Å². The maximum atomic E-state index is 13.8. The number of nitrogens with zero attached hydrogens (tertiary/aromatic N) is 3. The molecule has 5 aromatic rings. The van der Waals surface area contributed by atoms with Crippen LogP contribution in [0.1, 0.15) is 35.2 Å². The van der Waals surface area contributed by atoms with Crippen molar-refractivity contribution >= 4 is 51.2 Å². The second-order valence-electron chi connectivity index (χ2n) is 10.8. The van der Waals surface area contributed by atoms with Crippen LogP contribution in [0.5, 0.6) is 11.5 Å². The third kappa shape index (κ3) is 7.67. The summed E-state index contributed by atoms with van der Waals surface area (Å²) in [7, 11) is 1.60. The van der Waals surface area contributed by atoms with Crippen LogP contribution in [0.3, 0.4) is 0 Å². The molecule has 1 aliphatic rings. The summed E-state index contributed by atoms with van der Waals surface area (Å²) in [6, 6.07) is 30.6. The molecule has 1 N–H and O–H groups in total. The number of hydrogen-bond donors (Lipinski definition) is 1. The SMILES string of the molecule is COc1cc(C2C(C(=O)OCc3ccccc3)=C(C)Nc3nc(SCc4ccccc4Cl)nn32)cc(Br)c1OCCc1ccccc1. The highest BCUT2D eigenvalue weighted by molar-refractivity contribution is 9.10. The van der Waals surface area contributed by atoms with Crippen LogP contribution in [0.4, 0.5) is 5.95 Å². The van der Waals surface area contributed by atoms with Crippen LogP contribution in [-0.2, 0) is 28.3 Å². The van der Waals surface area contributed by atoms with Crippen LogP contribution in [0, 0.1) is 0 Å². The van der Waals surface area contributed by atoms with Gasteiger partial charge in [0.2, 0.25) is 11.1 Å². The third-order valence-corrected chi connectivity index (χ3v) is 9.47. The number of ether oxygens (including phenoxy) is 3. The quantitative estimate of drug-likeness (QED) is 0.101. The summed E-state index contributed by atoms with van der Waals surface area (Å²) in [5.41, 5.74) is 4.81. The van der Waals surface area contributed by atoms with E-state index in [1.165, 1.54) is 17.3 Å². The fourth-order valence-electron chi connectivity index (χ4n) is 5.28. The molecule has 4 aromatic carbocycles. The van der Waals surface area contributed by atoms with E-state index in [1.54, 1.807) is 11.8 Å². The summed E-state index contributed by atoms with van der Waals surface area (Å²) < 4.78 is 20.3. The van der Waals surface area contributed by atoms with Crippen molar-refractivity contribution in [3.8, 4) is 11.5 Å². The van der Waals surface area contributed by atoms with Gasteiger partial charge in [-0.1, -0.05) is 102 Å². The van der Waals surface area contributed by atoms with Crippen molar-refractivity contribution in [2.75, 3.05) is 19.0 Å². The van der Waals surface area contributed by atoms with Gasteiger partial charge < -0.3 is 19.5 Å². The van der Waals surface area contributed by atoms with Crippen LogP contribution in [-0.4, -0.2) is 34.5 Å². The van der Waals surface area contributed by atoms with E-state index < -0.39 is 12.0 Å². The van der Waals surface area contributed by atoms with E-state index in [2.05, 4.69) is 33.4 Å². The first-order valence-electron chi connectivity index (χ1n) is 15.0. The predicted molar refractivity (Wildman–Crippen MR) is 188 cm³/mol. The molecule has 0 aliphatic carbocycles. The van der Waals surface area contributed by atoms with Gasteiger partial charge in [0.05, 0.1) is 23.8 Å². The monoisotopic (exact) mass is 730 g/mol. The molecule has 0 saturated carbocycles. The normalized spacial score (nSPS) is 13.9. The highest BCUT2D eigenvalue weighted by Gasteiger charge is 2.36. The molecule has 47 heavy (non-hydrogen) atoms.